The van der Waals surface area contributed by atoms with Gasteiger partial charge in [-0.1, -0.05) is 0 Å². The number of piperazine rings is 1. The average Bonchev–Trinajstić information content (AvgIpc) is 2.87. The first-order chi connectivity index (χ1) is 13.1. The van der Waals surface area contributed by atoms with Crippen LogP contribution in [0.25, 0.3) is 0 Å². The van der Waals surface area contributed by atoms with Gasteiger partial charge < -0.3 is 4.90 Å². The minimum atomic E-state index is -4.65. The molecule has 1 aliphatic rings. The quantitative estimate of drug-likeness (QED) is 0.585. The summed E-state index contributed by atoms with van der Waals surface area (Å²) < 4.78 is 42.1. The number of aryl methyl sites for hydroxylation is 2. The molecule has 1 aromatic heterocycles. The van der Waals surface area contributed by atoms with E-state index in [9.17, 15) is 23.3 Å². The van der Waals surface area contributed by atoms with Crippen LogP contribution in [0.3, 0.4) is 0 Å². The zero-order chi connectivity index (χ0) is 20.6. The highest BCUT2D eigenvalue weighted by Crippen LogP contribution is 2.39. The molecule has 0 bridgehead atoms. The Morgan fingerprint density at radius 2 is 1.82 bits per heavy atom. The van der Waals surface area contributed by atoms with Crippen LogP contribution in [-0.2, 0) is 19.8 Å². The number of alkyl halides is 3. The second-order valence-electron chi connectivity index (χ2n) is 6.99. The maximum atomic E-state index is 13.4. The second kappa shape index (κ2) is 7.42. The van der Waals surface area contributed by atoms with Gasteiger partial charge in [-0.3, -0.25) is 19.7 Å². The summed E-state index contributed by atoms with van der Waals surface area (Å²) in [7, 11) is 1.89. The van der Waals surface area contributed by atoms with Gasteiger partial charge in [0.15, 0.2) is 0 Å². The van der Waals surface area contributed by atoms with Gasteiger partial charge in [-0.15, -0.1) is 0 Å². The van der Waals surface area contributed by atoms with Crippen molar-refractivity contribution in [1.82, 2.24) is 14.7 Å². The standard InChI is InChI=1S/C18H22F3N5O2/c1-12-15(13(2)23(3)22-12)11-24-6-8-25(9-7-24)17-5-4-14(26(27)28)10-16(17)18(19,20)21/h4-5,10H,6-9,11H2,1-3H3. The van der Waals surface area contributed by atoms with Crippen molar-refractivity contribution in [3.8, 4) is 0 Å². The lowest BCUT2D eigenvalue weighted by Gasteiger charge is -2.37. The molecule has 1 aromatic carbocycles. The minimum Gasteiger partial charge on any atom is -0.368 e. The van der Waals surface area contributed by atoms with Crippen LogP contribution in [0.2, 0.25) is 0 Å². The van der Waals surface area contributed by atoms with E-state index < -0.39 is 22.4 Å². The number of nitrogens with zero attached hydrogens (tertiary/aromatic N) is 5. The first-order valence-corrected chi connectivity index (χ1v) is 8.90. The van der Waals surface area contributed by atoms with E-state index in [1.165, 1.54) is 6.07 Å². The second-order valence-corrected chi connectivity index (χ2v) is 6.99. The molecule has 0 spiro atoms. The Balaban J connectivity index is 1.75. The summed E-state index contributed by atoms with van der Waals surface area (Å²) in [6, 6.07) is 2.94. The van der Waals surface area contributed by atoms with Crippen LogP contribution in [0, 0.1) is 24.0 Å². The number of hydrogen-bond donors (Lipinski definition) is 0. The highest BCUT2D eigenvalue weighted by atomic mass is 19.4. The van der Waals surface area contributed by atoms with E-state index in [2.05, 4.69) is 10.00 Å². The summed E-state index contributed by atoms with van der Waals surface area (Å²) in [4.78, 5) is 13.9. The summed E-state index contributed by atoms with van der Waals surface area (Å²) in [5.41, 5.74) is 1.65. The Morgan fingerprint density at radius 1 is 1.18 bits per heavy atom. The van der Waals surface area contributed by atoms with Crippen molar-refractivity contribution < 1.29 is 18.1 Å². The Morgan fingerprint density at radius 3 is 2.32 bits per heavy atom. The average molecular weight is 397 g/mol. The van der Waals surface area contributed by atoms with Gasteiger partial charge in [0.2, 0.25) is 0 Å². The molecule has 0 N–H and O–H groups in total. The molecule has 3 rings (SSSR count). The molecule has 10 heteroatoms. The third-order valence-electron chi connectivity index (χ3n) is 5.25. The molecule has 28 heavy (non-hydrogen) atoms. The summed E-state index contributed by atoms with van der Waals surface area (Å²) in [5.74, 6) is 0. The molecule has 0 aliphatic carbocycles. The van der Waals surface area contributed by atoms with Crippen LogP contribution in [0.1, 0.15) is 22.5 Å². The molecule has 7 nitrogen and oxygen atoms in total. The molecule has 0 saturated carbocycles. The van der Waals surface area contributed by atoms with Crippen LogP contribution < -0.4 is 4.90 Å². The molecule has 2 heterocycles. The van der Waals surface area contributed by atoms with E-state index in [-0.39, 0.29) is 5.69 Å². The lowest BCUT2D eigenvalue weighted by Crippen LogP contribution is -2.46. The first-order valence-electron chi connectivity index (χ1n) is 8.90. The van der Waals surface area contributed by atoms with Gasteiger partial charge >= 0.3 is 6.18 Å². The first kappa shape index (κ1) is 20.1. The van der Waals surface area contributed by atoms with Gasteiger partial charge in [-0.2, -0.15) is 18.3 Å². The predicted octanol–water partition coefficient (Wildman–Crippen LogP) is 3.29. The van der Waals surface area contributed by atoms with Gasteiger partial charge in [-0.05, 0) is 19.9 Å². The van der Waals surface area contributed by atoms with Crippen molar-refractivity contribution in [2.45, 2.75) is 26.6 Å². The lowest BCUT2D eigenvalue weighted by molar-refractivity contribution is -0.385. The summed E-state index contributed by atoms with van der Waals surface area (Å²) in [6.45, 7) is 6.68. The zero-order valence-corrected chi connectivity index (χ0v) is 16.0. The summed E-state index contributed by atoms with van der Waals surface area (Å²) in [6.07, 6.45) is -4.65. The Labute approximate surface area is 160 Å². The number of anilines is 1. The summed E-state index contributed by atoms with van der Waals surface area (Å²) in [5, 5.41) is 15.3. The van der Waals surface area contributed by atoms with Crippen LogP contribution in [0.5, 0.6) is 0 Å². The molecule has 0 atom stereocenters. The van der Waals surface area contributed by atoms with Gasteiger partial charge in [0, 0.05) is 68.8 Å². The monoisotopic (exact) mass is 397 g/mol. The lowest BCUT2D eigenvalue weighted by atomic mass is 10.1. The molecule has 1 saturated heterocycles. The van der Waals surface area contributed by atoms with Gasteiger partial charge in [0.1, 0.15) is 0 Å². The highest BCUT2D eigenvalue weighted by molar-refractivity contribution is 5.59. The van der Waals surface area contributed by atoms with E-state index in [1.807, 2.05) is 25.6 Å². The van der Waals surface area contributed by atoms with Gasteiger partial charge in [-0.25, -0.2) is 0 Å². The van der Waals surface area contributed by atoms with Gasteiger partial charge in [0.25, 0.3) is 5.69 Å². The minimum absolute atomic E-state index is 0.00788. The van der Waals surface area contributed by atoms with E-state index in [0.717, 1.165) is 23.0 Å². The molecule has 1 aliphatic heterocycles. The molecule has 1 fully saturated rings. The maximum absolute atomic E-state index is 13.4. The number of non-ortho nitro benzene ring substituents is 1. The molecular formula is C18H22F3N5O2. The Hall–Kier alpha value is -2.62. The van der Waals surface area contributed by atoms with Crippen LogP contribution in [0.4, 0.5) is 24.5 Å². The Bertz CT molecular complexity index is 886. The van der Waals surface area contributed by atoms with E-state index in [4.69, 9.17) is 0 Å². The number of nitro groups is 1. The fourth-order valence-corrected chi connectivity index (χ4v) is 3.56. The van der Waals surface area contributed by atoms with Crippen molar-refractivity contribution in [2.75, 3.05) is 31.1 Å². The normalized spacial score (nSPS) is 15.9. The topological polar surface area (TPSA) is 67.4 Å². The van der Waals surface area contributed by atoms with Crippen LogP contribution in [0.15, 0.2) is 18.2 Å². The number of hydrogen-bond acceptors (Lipinski definition) is 5. The third kappa shape index (κ3) is 3.96. The van der Waals surface area contributed by atoms with Crippen molar-refractivity contribution in [1.29, 1.82) is 0 Å². The number of aromatic nitrogens is 2. The van der Waals surface area contributed by atoms with Crippen molar-refractivity contribution in [3.63, 3.8) is 0 Å². The fraction of sp³-hybridized carbons (Fsp3) is 0.500. The van der Waals surface area contributed by atoms with Crippen LogP contribution in [-0.4, -0.2) is 45.8 Å². The Kier molecular flexibility index (Phi) is 5.33. The molecule has 0 unspecified atom stereocenters. The van der Waals surface area contributed by atoms with Crippen molar-refractivity contribution in [2.24, 2.45) is 7.05 Å². The SMILES string of the molecule is Cc1nn(C)c(C)c1CN1CCN(c2ccc([N+](=O)[O-])cc2C(F)(F)F)CC1. The van der Waals surface area contributed by atoms with Crippen molar-refractivity contribution in [3.05, 3.63) is 50.8 Å². The van der Waals surface area contributed by atoms with Gasteiger partial charge in [0.05, 0.1) is 16.2 Å². The molecule has 0 radical (unpaired) electrons. The smallest absolute Gasteiger partial charge is 0.368 e. The van der Waals surface area contributed by atoms with Crippen LogP contribution >= 0.6 is 0 Å². The highest BCUT2D eigenvalue weighted by Gasteiger charge is 2.37. The van der Waals surface area contributed by atoms with E-state index in [1.54, 1.807) is 4.90 Å². The predicted molar refractivity (Wildman–Crippen MR) is 98.3 cm³/mol. The number of benzene rings is 1. The largest absolute Gasteiger partial charge is 0.418 e. The number of rotatable bonds is 4. The molecular weight excluding hydrogens is 375 g/mol. The molecule has 152 valence electrons. The fourth-order valence-electron chi connectivity index (χ4n) is 3.56. The van der Waals surface area contributed by atoms with Crippen molar-refractivity contribution >= 4 is 11.4 Å². The number of halogens is 3. The zero-order valence-electron chi connectivity index (χ0n) is 16.0. The third-order valence-corrected chi connectivity index (χ3v) is 5.25. The number of nitro benzene ring substituents is 1. The van der Waals surface area contributed by atoms with E-state index in [0.29, 0.717) is 38.8 Å². The molecule has 2 aromatic rings. The maximum Gasteiger partial charge on any atom is 0.418 e. The molecule has 0 amide bonds. The summed E-state index contributed by atoms with van der Waals surface area (Å²) >= 11 is 0. The van der Waals surface area contributed by atoms with E-state index >= 15 is 0 Å².